The van der Waals surface area contributed by atoms with Crippen LogP contribution >= 0.6 is 0 Å². The molecule has 2 atom stereocenters. The molecule has 126 valence electrons. The Morgan fingerprint density at radius 2 is 1.48 bits per heavy atom. The van der Waals surface area contributed by atoms with Crippen molar-refractivity contribution in [3.63, 3.8) is 0 Å². The van der Waals surface area contributed by atoms with E-state index in [4.69, 9.17) is 9.47 Å². The number of ether oxygens (including phenoxy) is 2. The van der Waals surface area contributed by atoms with E-state index in [2.05, 4.69) is 0 Å². The molecule has 0 radical (unpaired) electrons. The molecule has 2 rings (SSSR count). The summed E-state index contributed by atoms with van der Waals surface area (Å²) >= 11 is 0. The van der Waals surface area contributed by atoms with Gasteiger partial charge in [0.15, 0.2) is 0 Å². The van der Waals surface area contributed by atoms with E-state index in [1.807, 2.05) is 36.1 Å². The number of hydrogen-bond acceptors (Lipinski definition) is 5. The molecule has 0 amide bonds. The average molecular weight is 319 g/mol. The maximum absolute atomic E-state index is 12.2. The second-order valence-electron chi connectivity index (χ2n) is 5.77. The first-order valence-corrected chi connectivity index (χ1v) is 8.21. The summed E-state index contributed by atoms with van der Waals surface area (Å²) in [4.78, 5) is 26.3. The summed E-state index contributed by atoms with van der Waals surface area (Å²) in [5.74, 6) is -0.516. The lowest BCUT2D eigenvalue weighted by atomic mass is 10.1. The zero-order chi connectivity index (χ0) is 16.8. The second-order valence-corrected chi connectivity index (χ2v) is 5.77. The topological polar surface area (TPSA) is 55.8 Å². The van der Waals surface area contributed by atoms with Crippen molar-refractivity contribution in [2.75, 3.05) is 13.2 Å². The molecule has 1 heterocycles. The van der Waals surface area contributed by atoms with E-state index >= 15 is 0 Å². The number of nitrogens with zero attached hydrogens (tertiary/aromatic N) is 1. The molecule has 0 aromatic heterocycles. The Morgan fingerprint density at radius 3 is 1.91 bits per heavy atom. The summed E-state index contributed by atoms with van der Waals surface area (Å²) in [6.45, 7) is 6.84. The lowest BCUT2D eigenvalue weighted by molar-refractivity contribution is -0.153. The van der Waals surface area contributed by atoms with Crippen LogP contribution in [0.3, 0.4) is 0 Å². The van der Waals surface area contributed by atoms with Gasteiger partial charge in [-0.15, -0.1) is 0 Å². The van der Waals surface area contributed by atoms with Crippen LogP contribution < -0.4 is 0 Å². The summed E-state index contributed by atoms with van der Waals surface area (Å²) in [5.41, 5.74) is 2.25. The van der Waals surface area contributed by atoms with Gasteiger partial charge in [0.05, 0.1) is 13.2 Å². The van der Waals surface area contributed by atoms with E-state index in [1.54, 1.807) is 13.8 Å². The predicted octanol–water partition coefficient (Wildman–Crippen LogP) is 2.45. The summed E-state index contributed by atoms with van der Waals surface area (Å²) in [6, 6.07) is 7.35. The fourth-order valence-corrected chi connectivity index (χ4v) is 2.97. The molecule has 1 fully saturated rings. The van der Waals surface area contributed by atoms with Crippen LogP contribution in [0, 0.1) is 6.92 Å². The fraction of sp³-hybridized carbons (Fsp3) is 0.556. The van der Waals surface area contributed by atoms with Gasteiger partial charge >= 0.3 is 11.9 Å². The van der Waals surface area contributed by atoms with Crippen LogP contribution in [0.1, 0.15) is 37.8 Å². The fourth-order valence-electron chi connectivity index (χ4n) is 2.97. The van der Waals surface area contributed by atoms with Crippen molar-refractivity contribution in [1.82, 2.24) is 4.90 Å². The lowest BCUT2D eigenvalue weighted by Gasteiger charge is -2.27. The van der Waals surface area contributed by atoms with Crippen molar-refractivity contribution < 1.29 is 19.1 Å². The highest BCUT2D eigenvalue weighted by Crippen LogP contribution is 2.28. The van der Waals surface area contributed by atoms with E-state index in [9.17, 15) is 9.59 Å². The van der Waals surface area contributed by atoms with Gasteiger partial charge < -0.3 is 9.47 Å². The molecular formula is C18H25NO4. The van der Waals surface area contributed by atoms with Gasteiger partial charge in [0, 0.05) is 6.54 Å². The molecule has 0 bridgehead atoms. The molecule has 0 N–H and O–H groups in total. The molecule has 0 saturated carbocycles. The van der Waals surface area contributed by atoms with E-state index in [0.717, 1.165) is 5.56 Å². The molecule has 1 aromatic rings. The Hall–Kier alpha value is -1.88. The van der Waals surface area contributed by atoms with Crippen LogP contribution in [0.15, 0.2) is 24.3 Å². The van der Waals surface area contributed by atoms with Crippen molar-refractivity contribution >= 4 is 11.9 Å². The van der Waals surface area contributed by atoms with Gasteiger partial charge in [-0.25, -0.2) is 0 Å². The maximum Gasteiger partial charge on any atom is 0.323 e. The molecule has 0 spiro atoms. The Labute approximate surface area is 137 Å². The minimum Gasteiger partial charge on any atom is -0.465 e. The number of aryl methyl sites for hydroxylation is 1. The molecule has 0 unspecified atom stereocenters. The smallest absolute Gasteiger partial charge is 0.323 e. The SMILES string of the molecule is CCOC(=O)[C@H]1CC[C@@H](C(=O)OCC)N1Cc1ccc(C)cc1. The second kappa shape index (κ2) is 8.11. The van der Waals surface area contributed by atoms with Gasteiger partial charge in [-0.05, 0) is 39.2 Å². The summed E-state index contributed by atoms with van der Waals surface area (Å²) in [5, 5.41) is 0. The summed E-state index contributed by atoms with van der Waals surface area (Å²) < 4.78 is 10.3. The third kappa shape index (κ3) is 4.32. The Kier molecular flexibility index (Phi) is 6.16. The minimum absolute atomic E-state index is 0.258. The number of esters is 2. The van der Waals surface area contributed by atoms with E-state index < -0.39 is 0 Å². The minimum atomic E-state index is -0.384. The molecule has 1 aliphatic rings. The molecule has 0 aliphatic carbocycles. The number of benzene rings is 1. The van der Waals surface area contributed by atoms with Crippen molar-refractivity contribution in [3.05, 3.63) is 35.4 Å². The summed E-state index contributed by atoms with van der Waals surface area (Å²) in [7, 11) is 0. The van der Waals surface area contributed by atoms with Crippen LogP contribution in [-0.4, -0.2) is 42.1 Å². The summed E-state index contributed by atoms with van der Waals surface area (Å²) in [6.07, 6.45) is 1.24. The van der Waals surface area contributed by atoms with Crippen LogP contribution in [-0.2, 0) is 25.6 Å². The zero-order valence-electron chi connectivity index (χ0n) is 14.1. The Bertz CT molecular complexity index is 514. The molecule has 1 aromatic carbocycles. The van der Waals surface area contributed by atoms with Gasteiger partial charge in [0.25, 0.3) is 0 Å². The van der Waals surface area contributed by atoms with Crippen molar-refractivity contribution in [2.24, 2.45) is 0 Å². The van der Waals surface area contributed by atoms with Crippen LogP contribution in [0.5, 0.6) is 0 Å². The maximum atomic E-state index is 12.2. The quantitative estimate of drug-likeness (QED) is 0.754. The highest BCUT2D eigenvalue weighted by atomic mass is 16.5. The molecule has 5 nitrogen and oxygen atoms in total. The molecule has 1 saturated heterocycles. The monoisotopic (exact) mass is 319 g/mol. The van der Waals surface area contributed by atoms with E-state index in [-0.39, 0.29) is 24.0 Å². The first-order chi connectivity index (χ1) is 11.1. The number of carbonyl (C=O) groups excluding carboxylic acids is 2. The first kappa shape index (κ1) is 17.5. The van der Waals surface area contributed by atoms with Gasteiger partial charge in [-0.2, -0.15) is 0 Å². The number of hydrogen-bond donors (Lipinski definition) is 0. The third-order valence-electron chi connectivity index (χ3n) is 4.12. The standard InChI is InChI=1S/C18H25NO4/c1-4-22-17(20)15-10-11-16(18(21)23-5-2)19(15)12-14-8-6-13(3)7-9-14/h6-9,15-16H,4-5,10-12H2,1-3H3/t15-,16+. The molecule has 1 aliphatic heterocycles. The van der Waals surface area contributed by atoms with Crippen LogP contribution in [0.2, 0.25) is 0 Å². The van der Waals surface area contributed by atoms with Gasteiger partial charge in [0.2, 0.25) is 0 Å². The molecule has 5 heteroatoms. The highest BCUT2D eigenvalue weighted by Gasteiger charge is 2.42. The number of likely N-dealkylation sites (tertiary alicyclic amines) is 1. The molecular weight excluding hydrogens is 294 g/mol. The lowest BCUT2D eigenvalue weighted by Crippen LogP contribution is -2.44. The first-order valence-electron chi connectivity index (χ1n) is 8.21. The van der Waals surface area contributed by atoms with Gasteiger partial charge in [-0.1, -0.05) is 29.8 Å². The van der Waals surface area contributed by atoms with Gasteiger partial charge in [-0.3, -0.25) is 14.5 Å². The van der Waals surface area contributed by atoms with Crippen molar-refractivity contribution in [3.8, 4) is 0 Å². The Morgan fingerprint density at radius 1 is 1.00 bits per heavy atom. The van der Waals surface area contributed by atoms with Crippen LogP contribution in [0.4, 0.5) is 0 Å². The van der Waals surface area contributed by atoms with E-state index in [1.165, 1.54) is 5.56 Å². The number of rotatable bonds is 6. The normalized spacial score (nSPS) is 21.2. The Balaban J connectivity index is 2.18. The molecule has 23 heavy (non-hydrogen) atoms. The van der Waals surface area contributed by atoms with Crippen molar-refractivity contribution in [2.45, 2.75) is 52.2 Å². The van der Waals surface area contributed by atoms with Gasteiger partial charge in [0.1, 0.15) is 12.1 Å². The zero-order valence-corrected chi connectivity index (χ0v) is 14.1. The highest BCUT2D eigenvalue weighted by molar-refractivity contribution is 5.81. The van der Waals surface area contributed by atoms with Crippen molar-refractivity contribution in [1.29, 1.82) is 0 Å². The predicted molar refractivity (Wildman–Crippen MR) is 86.8 cm³/mol. The average Bonchev–Trinajstić information content (AvgIpc) is 2.94. The van der Waals surface area contributed by atoms with E-state index in [0.29, 0.717) is 32.6 Å². The number of carbonyl (C=O) groups is 2. The van der Waals surface area contributed by atoms with Crippen LogP contribution in [0.25, 0.3) is 0 Å². The largest absolute Gasteiger partial charge is 0.465 e. The third-order valence-corrected chi connectivity index (χ3v) is 4.12.